The van der Waals surface area contributed by atoms with Gasteiger partial charge in [0.05, 0.1) is 23.0 Å². The third kappa shape index (κ3) is 6.11. The summed E-state index contributed by atoms with van der Waals surface area (Å²) in [6.45, 7) is 17.5. The lowest BCUT2D eigenvalue weighted by Crippen LogP contribution is -2.57. The zero-order chi connectivity index (χ0) is 34.6. The number of amides is 2. The van der Waals surface area contributed by atoms with Crippen LogP contribution in [0, 0.1) is 12.8 Å². The van der Waals surface area contributed by atoms with Crippen molar-refractivity contribution in [2.24, 2.45) is 5.92 Å². The summed E-state index contributed by atoms with van der Waals surface area (Å²) < 4.78 is 2.12. The number of rotatable bonds is 9. The van der Waals surface area contributed by atoms with Crippen molar-refractivity contribution in [1.82, 2.24) is 24.8 Å². The van der Waals surface area contributed by atoms with Gasteiger partial charge in [-0.05, 0) is 115 Å². The number of aryl methyl sites for hydroxylation is 1. The highest BCUT2D eigenvalue weighted by Gasteiger charge is 2.50. The topological polar surface area (TPSA) is 95.4 Å². The molecule has 2 aliphatic heterocycles. The Morgan fingerprint density at radius 2 is 1.73 bits per heavy atom. The third-order valence-corrected chi connectivity index (χ3v) is 10.9. The molecular formula is C40H51N7O2. The number of carbonyl (C=O) groups excluding carboxylic acids is 2. The minimum absolute atomic E-state index is 0.0807. The van der Waals surface area contributed by atoms with E-state index in [-0.39, 0.29) is 23.9 Å². The van der Waals surface area contributed by atoms with Gasteiger partial charge in [-0.1, -0.05) is 38.5 Å². The summed E-state index contributed by atoms with van der Waals surface area (Å²) in [5.41, 5.74) is 7.32. The van der Waals surface area contributed by atoms with E-state index in [1.165, 1.54) is 32.4 Å². The smallest absolute Gasteiger partial charge is 0.251 e. The van der Waals surface area contributed by atoms with Gasteiger partial charge >= 0.3 is 0 Å². The first kappa shape index (κ1) is 33.3. The van der Waals surface area contributed by atoms with Crippen LogP contribution in [0.15, 0.2) is 48.8 Å². The van der Waals surface area contributed by atoms with Crippen LogP contribution in [-0.2, 0) is 10.2 Å². The van der Waals surface area contributed by atoms with E-state index in [2.05, 4.69) is 84.7 Å². The summed E-state index contributed by atoms with van der Waals surface area (Å²) in [7, 11) is 0. The molecule has 9 nitrogen and oxygen atoms in total. The minimum Gasteiger partial charge on any atom is -0.352 e. The van der Waals surface area contributed by atoms with Crippen LogP contribution in [0.3, 0.4) is 0 Å². The number of nitrogens with zero attached hydrogens (tertiary/aromatic N) is 5. The number of aromatic nitrogens is 3. The Labute approximate surface area is 290 Å². The fraction of sp³-hybridized carbons (Fsp3) is 0.500. The van der Waals surface area contributed by atoms with Crippen molar-refractivity contribution in [3.63, 3.8) is 0 Å². The molecule has 9 heteroatoms. The molecule has 0 bridgehead atoms. The third-order valence-electron chi connectivity index (χ3n) is 10.9. The fourth-order valence-corrected chi connectivity index (χ4v) is 7.82. The number of nitrogens with one attached hydrogen (secondary N) is 2. The van der Waals surface area contributed by atoms with E-state index in [0.29, 0.717) is 29.9 Å². The summed E-state index contributed by atoms with van der Waals surface area (Å²) >= 11 is 0. The van der Waals surface area contributed by atoms with Crippen LogP contribution in [0.4, 0.5) is 17.2 Å². The van der Waals surface area contributed by atoms with Gasteiger partial charge in [0.15, 0.2) is 5.82 Å². The Morgan fingerprint density at radius 1 is 0.980 bits per heavy atom. The lowest BCUT2D eigenvalue weighted by atomic mass is 9.82. The van der Waals surface area contributed by atoms with Gasteiger partial charge in [0.1, 0.15) is 5.52 Å². The standard InChI is InChI=1S/C40H51N7O2/c1-24(2)22-41-38(48)31-18-28(13-11-26(31)5)43-37-36-34(42-23-46(36)25(3)4)21-33(44-37)27-12-14-32-35(17-27)47(39(49)40(32,6)7)30-19-29(20-30)45-15-9-8-10-16-45/h11-14,17-18,21,23-25,29-30H,8-10,15-16,19-20,22H2,1-7H3,(H,41,48)(H,43,44). The van der Waals surface area contributed by atoms with Crippen molar-refractivity contribution in [2.45, 2.75) is 104 Å². The maximum atomic E-state index is 14.0. The number of pyridine rings is 1. The van der Waals surface area contributed by atoms with Crippen LogP contribution in [0.25, 0.3) is 22.3 Å². The van der Waals surface area contributed by atoms with Crippen molar-refractivity contribution in [1.29, 1.82) is 0 Å². The Hall–Kier alpha value is -4.24. The predicted molar refractivity (Wildman–Crippen MR) is 198 cm³/mol. The van der Waals surface area contributed by atoms with E-state index >= 15 is 0 Å². The Bertz CT molecular complexity index is 1900. The molecule has 2 aromatic heterocycles. The summed E-state index contributed by atoms with van der Waals surface area (Å²) in [6.07, 6.45) is 7.83. The Morgan fingerprint density at radius 3 is 2.45 bits per heavy atom. The summed E-state index contributed by atoms with van der Waals surface area (Å²) in [5.74, 6) is 1.15. The molecule has 49 heavy (non-hydrogen) atoms. The highest BCUT2D eigenvalue weighted by Crippen LogP contribution is 2.48. The highest BCUT2D eigenvalue weighted by molar-refractivity contribution is 6.09. The summed E-state index contributed by atoms with van der Waals surface area (Å²) in [6, 6.07) is 15.2. The fourth-order valence-electron chi connectivity index (χ4n) is 7.82. The average Bonchev–Trinajstić information content (AvgIpc) is 3.58. The molecule has 2 amide bonds. The van der Waals surface area contributed by atoms with Gasteiger partial charge in [0.2, 0.25) is 5.91 Å². The SMILES string of the molecule is Cc1ccc(Nc2nc(-c3ccc4c(c3)N(C3CC(N5CCCCC5)C3)C(=O)C4(C)C)cc3ncn(C(C)C)c23)cc1C(=O)NCC(C)C. The molecule has 2 N–H and O–H groups in total. The van der Waals surface area contributed by atoms with Crippen molar-refractivity contribution in [3.8, 4) is 11.3 Å². The second-order valence-electron chi connectivity index (χ2n) is 15.6. The Balaban J connectivity index is 1.24. The normalized spacial score (nSPS) is 20.6. The number of anilines is 3. The minimum atomic E-state index is -0.575. The average molecular weight is 662 g/mol. The molecule has 0 spiro atoms. The van der Waals surface area contributed by atoms with E-state index in [1.807, 2.05) is 37.5 Å². The second kappa shape index (κ2) is 12.9. The molecule has 4 heterocycles. The highest BCUT2D eigenvalue weighted by atomic mass is 16.2. The maximum Gasteiger partial charge on any atom is 0.251 e. The first-order valence-electron chi connectivity index (χ1n) is 18.2. The first-order valence-corrected chi connectivity index (χ1v) is 18.2. The van der Waals surface area contributed by atoms with Gasteiger partial charge in [-0.15, -0.1) is 0 Å². The summed E-state index contributed by atoms with van der Waals surface area (Å²) in [4.78, 5) is 41.8. The van der Waals surface area contributed by atoms with Gasteiger partial charge in [0, 0.05) is 47.2 Å². The summed E-state index contributed by atoms with van der Waals surface area (Å²) in [5, 5.41) is 6.61. The van der Waals surface area contributed by atoms with Crippen LogP contribution in [0.2, 0.25) is 0 Å². The molecular weight excluding hydrogens is 610 g/mol. The lowest BCUT2D eigenvalue weighted by Gasteiger charge is -2.48. The molecule has 2 fully saturated rings. The molecule has 4 aromatic rings. The number of imidazole rings is 1. The first-order chi connectivity index (χ1) is 23.4. The number of likely N-dealkylation sites (tertiary alicyclic amines) is 1. The number of piperidine rings is 1. The van der Waals surface area contributed by atoms with E-state index in [1.54, 1.807) is 0 Å². The van der Waals surface area contributed by atoms with E-state index in [0.717, 1.165) is 57.6 Å². The van der Waals surface area contributed by atoms with E-state index < -0.39 is 5.41 Å². The number of hydrogen-bond acceptors (Lipinski definition) is 6. The molecule has 0 radical (unpaired) electrons. The molecule has 1 saturated carbocycles. The molecule has 0 atom stereocenters. The number of fused-ring (bicyclic) bond motifs is 2. The molecule has 2 aromatic carbocycles. The van der Waals surface area contributed by atoms with Crippen molar-refractivity contribution in [3.05, 3.63) is 65.5 Å². The number of carbonyl (C=O) groups is 2. The molecule has 258 valence electrons. The Kier molecular flexibility index (Phi) is 8.76. The van der Waals surface area contributed by atoms with Gasteiger partial charge < -0.3 is 25.0 Å². The van der Waals surface area contributed by atoms with E-state index in [9.17, 15) is 9.59 Å². The van der Waals surface area contributed by atoms with Gasteiger partial charge in [-0.2, -0.15) is 0 Å². The molecule has 7 rings (SSSR count). The van der Waals surface area contributed by atoms with Crippen LogP contribution in [0.5, 0.6) is 0 Å². The molecule has 0 unspecified atom stereocenters. The van der Waals surface area contributed by atoms with Crippen molar-refractivity contribution in [2.75, 3.05) is 29.9 Å². The van der Waals surface area contributed by atoms with Gasteiger partial charge in [-0.25, -0.2) is 9.97 Å². The quantitative estimate of drug-likeness (QED) is 0.190. The van der Waals surface area contributed by atoms with Crippen LogP contribution in [0.1, 0.15) is 101 Å². The number of benzene rings is 2. The zero-order valence-corrected chi connectivity index (χ0v) is 30.1. The van der Waals surface area contributed by atoms with Crippen LogP contribution in [-0.4, -0.2) is 63.0 Å². The second-order valence-corrected chi connectivity index (χ2v) is 15.6. The van der Waals surface area contributed by atoms with Gasteiger partial charge in [0.25, 0.3) is 5.91 Å². The molecule has 3 aliphatic rings. The van der Waals surface area contributed by atoms with Gasteiger partial charge in [-0.3, -0.25) is 9.59 Å². The monoisotopic (exact) mass is 661 g/mol. The van der Waals surface area contributed by atoms with Crippen LogP contribution < -0.4 is 15.5 Å². The largest absolute Gasteiger partial charge is 0.352 e. The van der Waals surface area contributed by atoms with E-state index in [4.69, 9.17) is 9.97 Å². The lowest BCUT2D eigenvalue weighted by molar-refractivity contribution is -0.123. The van der Waals surface area contributed by atoms with Crippen molar-refractivity contribution >= 4 is 40.0 Å². The maximum absolute atomic E-state index is 14.0. The molecule has 1 saturated heterocycles. The van der Waals surface area contributed by atoms with Crippen LogP contribution >= 0.6 is 0 Å². The zero-order valence-electron chi connectivity index (χ0n) is 30.1. The number of hydrogen-bond donors (Lipinski definition) is 2. The molecule has 1 aliphatic carbocycles. The van der Waals surface area contributed by atoms with Crippen molar-refractivity contribution < 1.29 is 9.59 Å². The predicted octanol–water partition coefficient (Wildman–Crippen LogP) is 7.76.